The Bertz CT molecular complexity index is 585. The van der Waals surface area contributed by atoms with Crippen LogP contribution in [0.15, 0.2) is 18.2 Å². The van der Waals surface area contributed by atoms with Crippen LogP contribution >= 0.6 is 0 Å². The number of nitrogens with zero attached hydrogens (tertiary/aromatic N) is 1. The number of benzene rings is 1. The molecule has 1 heterocycles. The third-order valence-corrected chi connectivity index (χ3v) is 3.23. The number of nitrogen functional groups attached to an aromatic ring is 1. The summed E-state index contributed by atoms with van der Waals surface area (Å²) in [6.45, 7) is 1.69. The monoisotopic (exact) mass is 277 g/mol. The first-order valence-corrected chi connectivity index (χ1v) is 6.17. The van der Waals surface area contributed by atoms with Gasteiger partial charge in [-0.2, -0.15) is 0 Å². The second kappa shape index (κ2) is 5.20. The van der Waals surface area contributed by atoms with E-state index in [0.717, 1.165) is 0 Å². The Morgan fingerprint density at radius 3 is 2.80 bits per heavy atom. The van der Waals surface area contributed by atoms with E-state index in [0.29, 0.717) is 6.42 Å². The third kappa shape index (κ3) is 2.29. The molecule has 4 N–H and O–H groups in total. The summed E-state index contributed by atoms with van der Waals surface area (Å²) < 4.78 is 0. The molecule has 1 atom stereocenters. The van der Waals surface area contributed by atoms with Crippen molar-refractivity contribution < 1.29 is 19.5 Å². The Hall–Kier alpha value is -2.57. The molecule has 2 amide bonds. The van der Waals surface area contributed by atoms with Gasteiger partial charge in [-0.05, 0) is 18.6 Å². The lowest BCUT2D eigenvalue weighted by molar-refractivity contribution is -0.132. The van der Waals surface area contributed by atoms with E-state index >= 15 is 0 Å². The number of piperazine rings is 1. The first-order chi connectivity index (χ1) is 9.45. The summed E-state index contributed by atoms with van der Waals surface area (Å²) in [5.74, 6) is -2.07. The Morgan fingerprint density at radius 2 is 2.20 bits per heavy atom. The minimum atomic E-state index is -1.15. The Morgan fingerprint density at radius 1 is 1.50 bits per heavy atom. The second-order valence-corrected chi connectivity index (χ2v) is 4.51. The third-order valence-electron chi connectivity index (χ3n) is 3.23. The number of carbonyl (C=O) groups excluding carboxylic acids is 2. The van der Waals surface area contributed by atoms with E-state index in [4.69, 9.17) is 5.73 Å². The van der Waals surface area contributed by atoms with Gasteiger partial charge in [-0.1, -0.05) is 13.0 Å². The van der Waals surface area contributed by atoms with E-state index in [1.54, 1.807) is 13.0 Å². The van der Waals surface area contributed by atoms with Crippen LogP contribution in [0, 0.1) is 0 Å². The standard InChI is InChI=1S/C13H15N3O4/c1-2-9-12(18)15-10(17)6-16(9)11-7(13(19)20)4-3-5-8(11)14/h3-5,9H,2,6,14H2,1H3,(H,19,20)(H,15,17,18). The summed E-state index contributed by atoms with van der Waals surface area (Å²) in [6.07, 6.45) is 0.437. The van der Waals surface area contributed by atoms with E-state index in [2.05, 4.69) is 5.32 Å². The predicted molar refractivity (Wildman–Crippen MR) is 72.4 cm³/mol. The van der Waals surface area contributed by atoms with Crippen molar-refractivity contribution in [3.8, 4) is 0 Å². The fraction of sp³-hybridized carbons (Fsp3) is 0.308. The Labute approximate surface area is 115 Å². The van der Waals surface area contributed by atoms with E-state index in [1.165, 1.54) is 17.0 Å². The number of hydrogen-bond donors (Lipinski definition) is 3. The maximum atomic E-state index is 11.9. The van der Waals surface area contributed by atoms with Gasteiger partial charge in [-0.15, -0.1) is 0 Å². The van der Waals surface area contributed by atoms with E-state index < -0.39 is 23.8 Å². The number of hydrogen-bond acceptors (Lipinski definition) is 5. The topological polar surface area (TPSA) is 113 Å². The summed E-state index contributed by atoms with van der Waals surface area (Å²) in [4.78, 5) is 36.2. The molecular weight excluding hydrogens is 262 g/mol. The van der Waals surface area contributed by atoms with Crippen molar-refractivity contribution >= 4 is 29.2 Å². The molecule has 106 valence electrons. The normalized spacial score (nSPS) is 18.9. The SMILES string of the molecule is CCC1C(=O)NC(=O)CN1c1c(N)cccc1C(=O)O. The van der Waals surface area contributed by atoms with Crippen molar-refractivity contribution in [1.29, 1.82) is 0 Å². The van der Waals surface area contributed by atoms with Crippen LogP contribution in [0.3, 0.4) is 0 Å². The fourth-order valence-corrected chi connectivity index (χ4v) is 2.36. The van der Waals surface area contributed by atoms with Crippen molar-refractivity contribution in [3.63, 3.8) is 0 Å². The lowest BCUT2D eigenvalue weighted by atomic mass is 10.0. The molecule has 0 radical (unpaired) electrons. The maximum Gasteiger partial charge on any atom is 0.337 e. The van der Waals surface area contributed by atoms with Gasteiger partial charge in [0, 0.05) is 0 Å². The highest BCUT2D eigenvalue weighted by Crippen LogP contribution is 2.31. The minimum absolute atomic E-state index is 0.0223. The van der Waals surface area contributed by atoms with Gasteiger partial charge in [0.25, 0.3) is 0 Å². The van der Waals surface area contributed by atoms with Gasteiger partial charge >= 0.3 is 5.97 Å². The van der Waals surface area contributed by atoms with Crippen molar-refractivity contribution in [1.82, 2.24) is 5.32 Å². The summed E-state index contributed by atoms with van der Waals surface area (Å²) in [5, 5.41) is 11.5. The van der Waals surface area contributed by atoms with Crippen molar-refractivity contribution in [2.24, 2.45) is 0 Å². The number of carboxylic acid groups (broad SMARTS) is 1. The van der Waals surface area contributed by atoms with Crippen molar-refractivity contribution in [2.45, 2.75) is 19.4 Å². The fourth-order valence-electron chi connectivity index (χ4n) is 2.36. The summed E-state index contributed by atoms with van der Waals surface area (Å²) in [7, 11) is 0. The molecule has 1 saturated heterocycles. The molecule has 0 saturated carbocycles. The number of nitrogens with two attached hydrogens (primary N) is 1. The lowest BCUT2D eigenvalue weighted by Gasteiger charge is -2.36. The average Bonchev–Trinajstić information content (AvgIpc) is 2.37. The zero-order valence-corrected chi connectivity index (χ0v) is 10.9. The molecule has 20 heavy (non-hydrogen) atoms. The molecule has 0 bridgehead atoms. The molecule has 1 aliphatic heterocycles. The van der Waals surface area contributed by atoms with Gasteiger partial charge < -0.3 is 15.7 Å². The van der Waals surface area contributed by atoms with Gasteiger partial charge in [0.2, 0.25) is 11.8 Å². The minimum Gasteiger partial charge on any atom is -0.478 e. The van der Waals surface area contributed by atoms with Crippen molar-refractivity contribution in [2.75, 3.05) is 17.2 Å². The van der Waals surface area contributed by atoms with E-state index in [9.17, 15) is 19.5 Å². The number of carboxylic acids is 1. The van der Waals surface area contributed by atoms with Crippen LogP contribution < -0.4 is 16.0 Å². The molecule has 1 aromatic rings. The van der Waals surface area contributed by atoms with Gasteiger partial charge in [0.05, 0.1) is 23.5 Å². The smallest absolute Gasteiger partial charge is 0.337 e. The number of rotatable bonds is 3. The van der Waals surface area contributed by atoms with Crippen molar-refractivity contribution in [3.05, 3.63) is 23.8 Å². The first-order valence-electron chi connectivity index (χ1n) is 6.17. The molecular formula is C13H15N3O4. The number of nitrogens with one attached hydrogen (secondary N) is 1. The molecule has 0 aliphatic carbocycles. The molecule has 1 fully saturated rings. The second-order valence-electron chi connectivity index (χ2n) is 4.51. The zero-order chi connectivity index (χ0) is 14.9. The number of anilines is 2. The maximum absolute atomic E-state index is 11.9. The lowest BCUT2D eigenvalue weighted by Crippen LogP contribution is -2.58. The molecule has 1 aliphatic rings. The molecule has 0 spiro atoms. The Balaban J connectivity index is 2.55. The van der Waals surface area contributed by atoms with Gasteiger partial charge in [0.1, 0.15) is 6.04 Å². The van der Waals surface area contributed by atoms with Crippen LogP contribution in [0.25, 0.3) is 0 Å². The first kappa shape index (κ1) is 13.9. The van der Waals surface area contributed by atoms with Crippen LogP contribution in [0.1, 0.15) is 23.7 Å². The average molecular weight is 277 g/mol. The Kier molecular flexibility index (Phi) is 3.60. The molecule has 0 aromatic heterocycles. The van der Waals surface area contributed by atoms with E-state index in [-0.39, 0.29) is 23.5 Å². The molecule has 1 unspecified atom stereocenters. The molecule has 7 heteroatoms. The van der Waals surface area contributed by atoms with Crippen LogP contribution in [0.4, 0.5) is 11.4 Å². The number of para-hydroxylation sites is 1. The van der Waals surface area contributed by atoms with Crippen LogP contribution in [-0.4, -0.2) is 35.5 Å². The quantitative estimate of drug-likeness (QED) is 0.537. The number of aromatic carboxylic acids is 1. The molecule has 7 nitrogen and oxygen atoms in total. The zero-order valence-electron chi connectivity index (χ0n) is 10.9. The molecule has 1 aromatic carbocycles. The highest BCUT2D eigenvalue weighted by Gasteiger charge is 2.35. The molecule has 2 rings (SSSR count). The van der Waals surface area contributed by atoms with E-state index in [1.807, 2.05) is 0 Å². The predicted octanol–water partition coefficient (Wildman–Crippen LogP) is 0.208. The van der Waals surface area contributed by atoms with Gasteiger partial charge in [-0.25, -0.2) is 4.79 Å². The van der Waals surface area contributed by atoms with Crippen LogP contribution in [-0.2, 0) is 9.59 Å². The van der Waals surface area contributed by atoms with Gasteiger partial charge in [0.15, 0.2) is 0 Å². The number of carbonyl (C=O) groups is 3. The van der Waals surface area contributed by atoms with Crippen LogP contribution in [0.5, 0.6) is 0 Å². The summed E-state index contributed by atoms with van der Waals surface area (Å²) in [5.41, 5.74) is 6.27. The number of amides is 2. The largest absolute Gasteiger partial charge is 0.478 e. The van der Waals surface area contributed by atoms with Gasteiger partial charge in [-0.3, -0.25) is 14.9 Å². The summed E-state index contributed by atoms with van der Waals surface area (Å²) >= 11 is 0. The highest BCUT2D eigenvalue weighted by atomic mass is 16.4. The summed E-state index contributed by atoms with van der Waals surface area (Å²) in [6, 6.07) is 3.86. The number of imide groups is 1. The highest BCUT2D eigenvalue weighted by molar-refractivity contribution is 6.07. The van der Waals surface area contributed by atoms with Crippen LogP contribution in [0.2, 0.25) is 0 Å².